The molecule has 0 unspecified atom stereocenters. The molecule has 0 radical (unpaired) electrons. The number of hydrogen-bond acceptors (Lipinski definition) is 5. The smallest absolute Gasteiger partial charge is 0.351 e. The van der Waals surface area contributed by atoms with Crippen molar-refractivity contribution in [1.82, 2.24) is 0 Å². The fourth-order valence-electron chi connectivity index (χ4n) is 1.59. The molecule has 8 heteroatoms. The molecule has 0 aromatic heterocycles. The van der Waals surface area contributed by atoms with E-state index >= 15 is 0 Å². The van der Waals surface area contributed by atoms with Gasteiger partial charge in [-0.2, -0.15) is 0 Å². The van der Waals surface area contributed by atoms with Crippen molar-refractivity contribution < 1.29 is 23.8 Å². The minimum absolute atomic E-state index is 0.243. The van der Waals surface area contributed by atoms with E-state index in [9.17, 15) is 9.59 Å². The monoisotopic (exact) mass is 388 g/mol. The van der Waals surface area contributed by atoms with Crippen molar-refractivity contribution >= 4 is 46.7 Å². The van der Waals surface area contributed by atoms with E-state index in [4.69, 9.17) is 44.3 Å². The molecule has 2 aromatic carbocycles. The zero-order valence-electron chi connectivity index (χ0n) is 12.1. The lowest BCUT2D eigenvalue weighted by molar-refractivity contribution is -0.162. The number of benzene rings is 2. The Kier molecular flexibility index (Phi) is 6.73. The van der Waals surface area contributed by atoms with Gasteiger partial charge in [0.1, 0.15) is 11.5 Å². The quantitative estimate of drug-likeness (QED) is 0.548. The average Bonchev–Trinajstić information content (AvgIpc) is 2.53. The molecule has 0 atom stereocenters. The molecule has 0 aliphatic rings. The van der Waals surface area contributed by atoms with Crippen LogP contribution in [0, 0.1) is 0 Å². The van der Waals surface area contributed by atoms with Crippen LogP contribution in [-0.4, -0.2) is 25.2 Å². The van der Waals surface area contributed by atoms with Crippen LogP contribution in [0.2, 0.25) is 15.1 Å². The minimum atomic E-state index is -0.870. The Hall–Kier alpha value is -1.95. The SMILES string of the molecule is O=C(COc1ccc(Cl)cc1)OC(=O)COc1ccc(Cl)cc1Cl. The fraction of sp³-hybridized carbons (Fsp3) is 0.125. The number of halogens is 3. The second-order valence-corrected chi connectivity index (χ2v) is 5.73. The summed E-state index contributed by atoms with van der Waals surface area (Å²) in [5.41, 5.74) is 0. The number of rotatable bonds is 6. The van der Waals surface area contributed by atoms with Crippen molar-refractivity contribution in [2.75, 3.05) is 13.2 Å². The van der Waals surface area contributed by atoms with Crippen molar-refractivity contribution in [2.24, 2.45) is 0 Å². The van der Waals surface area contributed by atoms with Crippen LogP contribution in [0.5, 0.6) is 11.5 Å². The van der Waals surface area contributed by atoms with Gasteiger partial charge in [-0.15, -0.1) is 0 Å². The topological polar surface area (TPSA) is 61.8 Å². The zero-order chi connectivity index (χ0) is 17.5. The summed E-state index contributed by atoms with van der Waals surface area (Å²) >= 11 is 17.4. The summed E-state index contributed by atoms with van der Waals surface area (Å²) in [4.78, 5) is 23.1. The first-order valence-electron chi connectivity index (χ1n) is 6.64. The molecule has 5 nitrogen and oxygen atoms in total. The lowest BCUT2D eigenvalue weighted by Gasteiger charge is -2.08. The molecule has 2 rings (SSSR count). The third kappa shape index (κ3) is 5.92. The predicted octanol–water partition coefficient (Wildman–Crippen LogP) is 4.17. The molecule has 0 heterocycles. The zero-order valence-corrected chi connectivity index (χ0v) is 14.4. The number of carbonyl (C=O) groups is 2. The number of esters is 2. The molecule has 0 aliphatic heterocycles. The van der Waals surface area contributed by atoms with Crippen LogP contribution in [0.15, 0.2) is 42.5 Å². The van der Waals surface area contributed by atoms with Crippen LogP contribution in [0.3, 0.4) is 0 Å². The lowest BCUT2D eigenvalue weighted by Crippen LogP contribution is -2.23. The van der Waals surface area contributed by atoms with E-state index in [0.717, 1.165) is 0 Å². The van der Waals surface area contributed by atoms with Crippen LogP contribution < -0.4 is 9.47 Å². The Morgan fingerprint density at radius 3 is 2.00 bits per heavy atom. The second kappa shape index (κ2) is 8.78. The molecule has 0 saturated heterocycles. The first kappa shape index (κ1) is 18.4. The third-order valence-electron chi connectivity index (χ3n) is 2.64. The molecular formula is C16H11Cl3O5. The van der Waals surface area contributed by atoms with Crippen LogP contribution in [0.1, 0.15) is 0 Å². The maximum Gasteiger partial charge on any atom is 0.351 e. The van der Waals surface area contributed by atoms with Crippen molar-refractivity contribution in [3.8, 4) is 11.5 Å². The summed E-state index contributed by atoms with van der Waals surface area (Å²) in [6.07, 6.45) is 0. The maximum absolute atomic E-state index is 11.6. The Morgan fingerprint density at radius 1 is 0.792 bits per heavy atom. The van der Waals surface area contributed by atoms with E-state index < -0.39 is 25.2 Å². The molecule has 0 fully saturated rings. The van der Waals surface area contributed by atoms with Crippen molar-refractivity contribution in [1.29, 1.82) is 0 Å². The van der Waals surface area contributed by atoms with Gasteiger partial charge in [0.2, 0.25) is 0 Å². The van der Waals surface area contributed by atoms with Crippen LogP contribution in [-0.2, 0) is 14.3 Å². The van der Waals surface area contributed by atoms with Crippen molar-refractivity contribution in [3.05, 3.63) is 57.5 Å². The van der Waals surface area contributed by atoms with E-state index in [1.807, 2.05) is 0 Å². The van der Waals surface area contributed by atoms with E-state index in [-0.39, 0.29) is 10.8 Å². The maximum atomic E-state index is 11.6. The predicted molar refractivity (Wildman–Crippen MR) is 90.0 cm³/mol. The van der Waals surface area contributed by atoms with Crippen molar-refractivity contribution in [2.45, 2.75) is 0 Å². The molecular weight excluding hydrogens is 379 g/mol. The summed E-state index contributed by atoms with van der Waals surface area (Å²) in [6, 6.07) is 10.9. The normalized spacial score (nSPS) is 10.1. The van der Waals surface area contributed by atoms with Gasteiger partial charge < -0.3 is 14.2 Å². The van der Waals surface area contributed by atoms with Gasteiger partial charge in [-0.1, -0.05) is 34.8 Å². The standard InChI is InChI=1S/C16H11Cl3O5/c17-10-1-4-12(5-2-10)22-8-15(20)24-16(21)9-23-14-6-3-11(18)7-13(14)19/h1-7H,8-9H2. The fourth-order valence-corrected chi connectivity index (χ4v) is 2.18. The molecule has 0 aliphatic carbocycles. The van der Waals surface area contributed by atoms with E-state index in [1.165, 1.54) is 12.1 Å². The first-order valence-corrected chi connectivity index (χ1v) is 7.77. The van der Waals surface area contributed by atoms with Crippen LogP contribution in [0.4, 0.5) is 0 Å². The van der Waals surface area contributed by atoms with Crippen LogP contribution >= 0.6 is 34.8 Å². The summed E-state index contributed by atoms with van der Waals surface area (Å²) in [5.74, 6) is -1.04. The third-order valence-corrected chi connectivity index (χ3v) is 3.42. The van der Waals surface area contributed by atoms with Gasteiger partial charge in [0.25, 0.3) is 0 Å². The Balaban J connectivity index is 1.75. The highest BCUT2D eigenvalue weighted by Gasteiger charge is 2.13. The van der Waals surface area contributed by atoms with Gasteiger partial charge in [0.05, 0.1) is 5.02 Å². The second-order valence-electron chi connectivity index (χ2n) is 4.45. The Bertz CT molecular complexity index is 731. The highest BCUT2D eigenvalue weighted by Crippen LogP contribution is 2.27. The van der Waals surface area contributed by atoms with Gasteiger partial charge in [-0.05, 0) is 42.5 Å². The molecule has 2 aromatic rings. The van der Waals surface area contributed by atoms with Gasteiger partial charge in [0.15, 0.2) is 13.2 Å². The highest BCUT2D eigenvalue weighted by molar-refractivity contribution is 6.35. The first-order chi connectivity index (χ1) is 11.4. The molecule has 126 valence electrons. The molecule has 0 saturated carbocycles. The van der Waals surface area contributed by atoms with E-state index in [2.05, 4.69) is 4.74 Å². The van der Waals surface area contributed by atoms with E-state index in [0.29, 0.717) is 15.8 Å². The Labute approximate surface area is 153 Å². The van der Waals surface area contributed by atoms with Gasteiger partial charge in [0, 0.05) is 10.0 Å². The summed E-state index contributed by atoms with van der Waals surface area (Å²) < 4.78 is 14.9. The number of carbonyl (C=O) groups excluding carboxylic acids is 2. The Morgan fingerprint density at radius 2 is 1.38 bits per heavy atom. The summed E-state index contributed by atoms with van der Waals surface area (Å²) in [5, 5.41) is 1.22. The molecule has 0 N–H and O–H groups in total. The average molecular weight is 390 g/mol. The number of hydrogen-bond donors (Lipinski definition) is 0. The van der Waals surface area contributed by atoms with Crippen molar-refractivity contribution in [3.63, 3.8) is 0 Å². The molecule has 0 bridgehead atoms. The summed E-state index contributed by atoms with van der Waals surface area (Å²) in [6.45, 7) is -0.900. The summed E-state index contributed by atoms with van der Waals surface area (Å²) in [7, 11) is 0. The number of ether oxygens (including phenoxy) is 3. The largest absolute Gasteiger partial charge is 0.482 e. The molecule has 24 heavy (non-hydrogen) atoms. The highest BCUT2D eigenvalue weighted by atomic mass is 35.5. The molecule has 0 amide bonds. The van der Waals surface area contributed by atoms with Crippen LogP contribution in [0.25, 0.3) is 0 Å². The van der Waals surface area contributed by atoms with Gasteiger partial charge >= 0.3 is 11.9 Å². The minimum Gasteiger partial charge on any atom is -0.482 e. The molecule has 0 spiro atoms. The van der Waals surface area contributed by atoms with Gasteiger partial charge in [-0.25, -0.2) is 9.59 Å². The lowest BCUT2D eigenvalue weighted by atomic mass is 10.3. The van der Waals surface area contributed by atoms with E-state index in [1.54, 1.807) is 30.3 Å². The van der Waals surface area contributed by atoms with Gasteiger partial charge in [-0.3, -0.25) is 0 Å².